The maximum atomic E-state index is 11.1. The highest BCUT2D eigenvalue weighted by molar-refractivity contribution is 5.69. The third kappa shape index (κ3) is 4.94. The lowest BCUT2D eigenvalue weighted by Crippen LogP contribution is -2.37. The Morgan fingerprint density at radius 2 is 2.38 bits per heavy atom. The van der Waals surface area contributed by atoms with Crippen LogP contribution in [-0.4, -0.2) is 48.8 Å². The van der Waals surface area contributed by atoms with E-state index in [1.165, 1.54) is 0 Å². The van der Waals surface area contributed by atoms with Crippen molar-refractivity contribution in [1.29, 1.82) is 0 Å². The van der Waals surface area contributed by atoms with Crippen LogP contribution < -0.4 is 0 Å². The standard InChI is InChI=1S/C12H23NO3/c1-2-16-12(15)6-4-8-13-7-3-5-11(9-13)10-14/h11,14H,2-10H2,1H3. The number of rotatable bonds is 6. The van der Waals surface area contributed by atoms with Crippen LogP contribution in [0.4, 0.5) is 0 Å². The Balaban J connectivity index is 2.10. The van der Waals surface area contributed by atoms with E-state index in [2.05, 4.69) is 4.90 Å². The van der Waals surface area contributed by atoms with Crippen molar-refractivity contribution >= 4 is 5.97 Å². The molecule has 1 N–H and O–H groups in total. The van der Waals surface area contributed by atoms with Crippen molar-refractivity contribution < 1.29 is 14.6 Å². The molecule has 0 spiro atoms. The predicted molar refractivity (Wildman–Crippen MR) is 62.1 cm³/mol. The summed E-state index contributed by atoms with van der Waals surface area (Å²) >= 11 is 0. The highest BCUT2D eigenvalue weighted by Gasteiger charge is 2.18. The fraction of sp³-hybridized carbons (Fsp3) is 0.917. The Morgan fingerprint density at radius 3 is 3.06 bits per heavy atom. The van der Waals surface area contributed by atoms with Crippen LogP contribution in [0, 0.1) is 5.92 Å². The summed E-state index contributed by atoms with van der Waals surface area (Å²) in [5.41, 5.74) is 0. The molecule has 0 bridgehead atoms. The van der Waals surface area contributed by atoms with Crippen LogP contribution in [0.25, 0.3) is 0 Å². The van der Waals surface area contributed by atoms with Gasteiger partial charge in [0, 0.05) is 19.6 Å². The molecule has 16 heavy (non-hydrogen) atoms. The monoisotopic (exact) mass is 229 g/mol. The van der Waals surface area contributed by atoms with Crippen molar-refractivity contribution in [2.75, 3.05) is 32.8 Å². The molecule has 94 valence electrons. The molecule has 0 aromatic heterocycles. The van der Waals surface area contributed by atoms with Crippen LogP contribution in [0.5, 0.6) is 0 Å². The SMILES string of the molecule is CCOC(=O)CCCN1CCCC(CO)C1. The summed E-state index contributed by atoms with van der Waals surface area (Å²) in [5.74, 6) is 0.328. The summed E-state index contributed by atoms with van der Waals surface area (Å²) in [4.78, 5) is 13.5. The summed E-state index contributed by atoms with van der Waals surface area (Å²) in [7, 11) is 0. The number of carbonyl (C=O) groups is 1. The maximum Gasteiger partial charge on any atom is 0.305 e. The zero-order valence-corrected chi connectivity index (χ0v) is 10.2. The first-order valence-corrected chi connectivity index (χ1v) is 6.25. The number of piperidine rings is 1. The fourth-order valence-electron chi connectivity index (χ4n) is 2.18. The number of ether oxygens (including phenoxy) is 1. The molecule has 0 aromatic carbocycles. The maximum absolute atomic E-state index is 11.1. The Labute approximate surface area is 97.6 Å². The minimum absolute atomic E-state index is 0.0989. The number of carbonyl (C=O) groups excluding carboxylic acids is 1. The van der Waals surface area contributed by atoms with Gasteiger partial charge in [0.1, 0.15) is 0 Å². The van der Waals surface area contributed by atoms with Gasteiger partial charge in [-0.15, -0.1) is 0 Å². The number of esters is 1. The molecule has 1 saturated heterocycles. The third-order valence-corrected chi connectivity index (χ3v) is 3.02. The number of aliphatic hydroxyl groups excluding tert-OH is 1. The number of aliphatic hydroxyl groups is 1. The van der Waals surface area contributed by atoms with E-state index in [0.717, 1.165) is 38.9 Å². The summed E-state index contributed by atoms with van der Waals surface area (Å²) in [6.07, 6.45) is 3.65. The van der Waals surface area contributed by atoms with Crippen LogP contribution in [0.1, 0.15) is 32.6 Å². The highest BCUT2D eigenvalue weighted by atomic mass is 16.5. The number of nitrogens with zero attached hydrogens (tertiary/aromatic N) is 1. The molecule has 1 aliphatic heterocycles. The first kappa shape index (κ1) is 13.5. The smallest absolute Gasteiger partial charge is 0.305 e. The van der Waals surface area contributed by atoms with Crippen molar-refractivity contribution in [2.45, 2.75) is 32.6 Å². The van der Waals surface area contributed by atoms with Gasteiger partial charge in [0.05, 0.1) is 6.61 Å². The second-order valence-electron chi connectivity index (χ2n) is 4.40. The summed E-state index contributed by atoms with van der Waals surface area (Å²) < 4.78 is 4.88. The van der Waals surface area contributed by atoms with E-state index in [1.807, 2.05) is 6.92 Å². The first-order valence-electron chi connectivity index (χ1n) is 6.25. The van der Waals surface area contributed by atoms with Crippen molar-refractivity contribution in [2.24, 2.45) is 5.92 Å². The van der Waals surface area contributed by atoms with E-state index in [-0.39, 0.29) is 12.6 Å². The molecule has 0 radical (unpaired) electrons. The van der Waals surface area contributed by atoms with Crippen molar-refractivity contribution in [3.8, 4) is 0 Å². The van der Waals surface area contributed by atoms with Crippen LogP contribution in [0.15, 0.2) is 0 Å². The number of hydrogen-bond acceptors (Lipinski definition) is 4. The number of hydrogen-bond donors (Lipinski definition) is 1. The lowest BCUT2D eigenvalue weighted by molar-refractivity contribution is -0.143. The van der Waals surface area contributed by atoms with Gasteiger partial charge < -0.3 is 14.7 Å². The van der Waals surface area contributed by atoms with E-state index in [9.17, 15) is 4.79 Å². The molecule has 1 rings (SSSR count). The Bertz CT molecular complexity index is 208. The van der Waals surface area contributed by atoms with E-state index in [4.69, 9.17) is 9.84 Å². The van der Waals surface area contributed by atoms with E-state index in [0.29, 0.717) is 18.9 Å². The van der Waals surface area contributed by atoms with Crippen molar-refractivity contribution in [3.05, 3.63) is 0 Å². The van der Waals surface area contributed by atoms with Gasteiger partial charge in [-0.2, -0.15) is 0 Å². The minimum Gasteiger partial charge on any atom is -0.466 e. The quantitative estimate of drug-likeness (QED) is 0.691. The van der Waals surface area contributed by atoms with Crippen LogP contribution in [0.2, 0.25) is 0 Å². The fourth-order valence-corrected chi connectivity index (χ4v) is 2.18. The Morgan fingerprint density at radius 1 is 1.56 bits per heavy atom. The van der Waals surface area contributed by atoms with Crippen LogP contribution >= 0.6 is 0 Å². The van der Waals surface area contributed by atoms with E-state index >= 15 is 0 Å². The first-order chi connectivity index (χ1) is 7.76. The van der Waals surface area contributed by atoms with Gasteiger partial charge >= 0.3 is 5.97 Å². The second-order valence-corrected chi connectivity index (χ2v) is 4.40. The molecule has 1 heterocycles. The average molecular weight is 229 g/mol. The average Bonchev–Trinajstić information content (AvgIpc) is 2.30. The van der Waals surface area contributed by atoms with Gasteiger partial charge in [0.15, 0.2) is 0 Å². The van der Waals surface area contributed by atoms with Gasteiger partial charge in [-0.05, 0) is 45.2 Å². The lowest BCUT2D eigenvalue weighted by atomic mass is 9.99. The normalized spacial score (nSPS) is 22.0. The zero-order valence-electron chi connectivity index (χ0n) is 10.2. The largest absolute Gasteiger partial charge is 0.466 e. The van der Waals surface area contributed by atoms with Crippen molar-refractivity contribution in [3.63, 3.8) is 0 Å². The Hall–Kier alpha value is -0.610. The molecule has 1 aliphatic rings. The predicted octanol–water partition coefficient (Wildman–Crippen LogP) is 1.03. The molecule has 0 aromatic rings. The van der Waals surface area contributed by atoms with Gasteiger partial charge in [-0.1, -0.05) is 0 Å². The molecule has 0 aliphatic carbocycles. The molecular formula is C12H23NO3. The van der Waals surface area contributed by atoms with Gasteiger partial charge in [0.2, 0.25) is 0 Å². The molecule has 1 fully saturated rings. The third-order valence-electron chi connectivity index (χ3n) is 3.02. The topological polar surface area (TPSA) is 49.8 Å². The van der Waals surface area contributed by atoms with E-state index in [1.54, 1.807) is 0 Å². The lowest BCUT2D eigenvalue weighted by Gasteiger charge is -2.31. The summed E-state index contributed by atoms with van der Waals surface area (Å²) in [5, 5.41) is 9.09. The molecule has 4 nitrogen and oxygen atoms in total. The zero-order chi connectivity index (χ0) is 11.8. The van der Waals surface area contributed by atoms with Crippen molar-refractivity contribution in [1.82, 2.24) is 4.90 Å². The molecule has 0 amide bonds. The summed E-state index contributed by atoms with van der Waals surface area (Å²) in [6, 6.07) is 0. The Kier molecular flexibility index (Phi) is 6.42. The van der Waals surface area contributed by atoms with Crippen LogP contribution in [-0.2, 0) is 9.53 Å². The molecule has 4 heteroatoms. The molecule has 0 saturated carbocycles. The second kappa shape index (κ2) is 7.63. The molecule has 1 unspecified atom stereocenters. The van der Waals surface area contributed by atoms with Gasteiger partial charge in [-0.3, -0.25) is 4.79 Å². The molecular weight excluding hydrogens is 206 g/mol. The minimum atomic E-state index is -0.0989. The van der Waals surface area contributed by atoms with E-state index < -0.39 is 0 Å². The highest BCUT2D eigenvalue weighted by Crippen LogP contribution is 2.16. The van der Waals surface area contributed by atoms with Crippen LogP contribution in [0.3, 0.4) is 0 Å². The summed E-state index contributed by atoms with van der Waals surface area (Å²) in [6.45, 7) is 5.59. The van der Waals surface area contributed by atoms with Gasteiger partial charge in [0.25, 0.3) is 0 Å². The molecule has 1 atom stereocenters. The number of likely N-dealkylation sites (tertiary alicyclic amines) is 1. The van der Waals surface area contributed by atoms with Gasteiger partial charge in [-0.25, -0.2) is 0 Å².